The lowest BCUT2D eigenvalue weighted by Gasteiger charge is -2.27. The van der Waals surface area contributed by atoms with Crippen LogP contribution in [0.25, 0.3) is 0 Å². The van der Waals surface area contributed by atoms with E-state index in [4.69, 9.17) is 5.73 Å². The van der Waals surface area contributed by atoms with Crippen molar-refractivity contribution in [3.05, 3.63) is 35.4 Å². The maximum absolute atomic E-state index is 6.30. The molecule has 1 heterocycles. The minimum atomic E-state index is 0.322. The lowest BCUT2D eigenvalue weighted by Crippen LogP contribution is -2.33. The van der Waals surface area contributed by atoms with E-state index in [0.29, 0.717) is 12.1 Å². The second kappa shape index (κ2) is 4.43. The Hall–Kier alpha value is -0.860. The number of hydrogen-bond acceptors (Lipinski definition) is 2. The van der Waals surface area contributed by atoms with Crippen LogP contribution in [0.4, 0.5) is 0 Å². The molecule has 1 saturated heterocycles. The highest BCUT2D eigenvalue weighted by Crippen LogP contribution is 2.40. The lowest BCUT2D eigenvalue weighted by molar-refractivity contribution is 0.237. The molecule has 3 rings (SSSR count). The molecule has 92 valence electrons. The minimum Gasteiger partial charge on any atom is -0.326 e. The molecule has 2 atom stereocenters. The first-order chi connectivity index (χ1) is 8.29. The number of nitrogens with zero attached hydrogens (tertiary/aromatic N) is 1. The summed E-state index contributed by atoms with van der Waals surface area (Å²) in [5.74, 6) is 0. The molecule has 0 bridgehead atoms. The van der Waals surface area contributed by atoms with E-state index in [1.54, 1.807) is 0 Å². The van der Waals surface area contributed by atoms with Crippen LogP contribution in [-0.2, 0) is 6.42 Å². The van der Waals surface area contributed by atoms with Crippen LogP contribution in [0.5, 0.6) is 0 Å². The van der Waals surface area contributed by atoms with Gasteiger partial charge in [0.2, 0.25) is 0 Å². The van der Waals surface area contributed by atoms with Crippen molar-refractivity contribution in [3.63, 3.8) is 0 Å². The Kier molecular flexibility index (Phi) is 2.93. The number of aryl methyl sites for hydroxylation is 1. The lowest BCUT2D eigenvalue weighted by atomic mass is 9.99. The second-order valence-electron chi connectivity index (χ2n) is 5.46. The molecule has 2 nitrogen and oxygen atoms in total. The van der Waals surface area contributed by atoms with Crippen LogP contribution in [0, 0.1) is 0 Å². The standard InChI is InChI=1S/C15H22N2/c1-2-11-3-5-12(6-4-11)15-14(16)9-10-17(15)13-7-8-13/h3-6,13-15H,2,7-10,16H2,1H3. The van der Waals surface area contributed by atoms with Gasteiger partial charge >= 0.3 is 0 Å². The summed E-state index contributed by atoms with van der Waals surface area (Å²) in [5.41, 5.74) is 9.13. The average molecular weight is 230 g/mol. The zero-order chi connectivity index (χ0) is 11.8. The molecule has 1 aliphatic carbocycles. The van der Waals surface area contributed by atoms with Crippen LogP contribution >= 0.6 is 0 Å². The van der Waals surface area contributed by atoms with Gasteiger partial charge in [-0.2, -0.15) is 0 Å². The van der Waals surface area contributed by atoms with Crippen LogP contribution in [0.2, 0.25) is 0 Å². The first-order valence-corrected chi connectivity index (χ1v) is 6.89. The molecular weight excluding hydrogens is 208 g/mol. The highest BCUT2D eigenvalue weighted by atomic mass is 15.2. The van der Waals surface area contributed by atoms with E-state index in [1.807, 2.05) is 0 Å². The Bertz CT molecular complexity index is 380. The van der Waals surface area contributed by atoms with E-state index < -0.39 is 0 Å². The fraction of sp³-hybridized carbons (Fsp3) is 0.600. The third kappa shape index (κ3) is 2.12. The number of rotatable bonds is 3. The van der Waals surface area contributed by atoms with E-state index in [2.05, 4.69) is 36.1 Å². The van der Waals surface area contributed by atoms with E-state index in [1.165, 1.54) is 30.5 Å². The average Bonchev–Trinajstić information content (AvgIpc) is 3.13. The van der Waals surface area contributed by atoms with Crippen molar-refractivity contribution in [2.75, 3.05) is 6.54 Å². The number of nitrogens with two attached hydrogens (primary N) is 1. The molecule has 17 heavy (non-hydrogen) atoms. The molecule has 1 aromatic carbocycles. The van der Waals surface area contributed by atoms with Gasteiger partial charge in [-0.25, -0.2) is 0 Å². The molecular formula is C15H22N2. The van der Waals surface area contributed by atoms with Crippen molar-refractivity contribution < 1.29 is 0 Å². The van der Waals surface area contributed by atoms with Crippen LogP contribution in [0.1, 0.15) is 43.4 Å². The molecule has 2 fully saturated rings. The van der Waals surface area contributed by atoms with Crippen molar-refractivity contribution in [2.45, 2.75) is 50.7 Å². The molecule has 2 aliphatic rings. The van der Waals surface area contributed by atoms with Gasteiger partial charge in [-0.05, 0) is 36.8 Å². The van der Waals surface area contributed by atoms with Crippen molar-refractivity contribution in [3.8, 4) is 0 Å². The van der Waals surface area contributed by atoms with E-state index in [9.17, 15) is 0 Å². The van der Waals surface area contributed by atoms with E-state index in [0.717, 1.165) is 18.9 Å². The molecule has 2 unspecified atom stereocenters. The number of benzene rings is 1. The van der Waals surface area contributed by atoms with Crippen LogP contribution in [0.15, 0.2) is 24.3 Å². The first-order valence-electron chi connectivity index (χ1n) is 6.89. The minimum absolute atomic E-state index is 0.322. The van der Waals surface area contributed by atoms with Gasteiger partial charge in [-0.15, -0.1) is 0 Å². The molecule has 1 aliphatic heterocycles. The summed E-state index contributed by atoms with van der Waals surface area (Å²) in [7, 11) is 0. The van der Waals surface area contributed by atoms with Gasteiger partial charge in [0.25, 0.3) is 0 Å². The summed E-state index contributed by atoms with van der Waals surface area (Å²) in [6.45, 7) is 3.39. The normalized spacial score (nSPS) is 29.8. The maximum Gasteiger partial charge on any atom is 0.0502 e. The fourth-order valence-corrected chi connectivity index (χ4v) is 3.05. The Labute approximate surface area is 104 Å². The van der Waals surface area contributed by atoms with Gasteiger partial charge in [0, 0.05) is 18.6 Å². The molecule has 2 N–H and O–H groups in total. The fourth-order valence-electron chi connectivity index (χ4n) is 3.05. The van der Waals surface area contributed by atoms with Gasteiger partial charge in [0.1, 0.15) is 0 Å². The third-order valence-electron chi connectivity index (χ3n) is 4.23. The summed E-state index contributed by atoms with van der Waals surface area (Å²) in [4.78, 5) is 2.63. The second-order valence-corrected chi connectivity index (χ2v) is 5.46. The smallest absolute Gasteiger partial charge is 0.0502 e. The Morgan fingerprint density at radius 1 is 1.18 bits per heavy atom. The quantitative estimate of drug-likeness (QED) is 0.864. The highest BCUT2D eigenvalue weighted by Gasteiger charge is 2.41. The van der Waals surface area contributed by atoms with Crippen molar-refractivity contribution >= 4 is 0 Å². The first kappa shape index (κ1) is 11.2. The van der Waals surface area contributed by atoms with Gasteiger partial charge in [-0.1, -0.05) is 31.2 Å². The maximum atomic E-state index is 6.30. The Morgan fingerprint density at radius 2 is 1.88 bits per heavy atom. The Morgan fingerprint density at radius 3 is 2.47 bits per heavy atom. The SMILES string of the molecule is CCc1ccc(C2C(N)CCN2C2CC2)cc1. The van der Waals surface area contributed by atoms with Gasteiger partial charge in [-0.3, -0.25) is 4.90 Å². The summed E-state index contributed by atoms with van der Waals surface area (Å²) in [5, 5.41) is 0. The third-order valence-corrected chi connectivity index (χ3v) is 4.23. The van der Waals surface area contributed by atoms with Crippen LogP contribution < -0.4 is 5.73 Å². The molecule has 0 aromatic heterocycles. The molecule has 0 spiro atoms. The monoisotopic (exact) mass is 230 g/mol. The Balaban J connectivity index is 1.84. The highest BCUT2D eigenvalue weighted by molar-refractivity contribution is 5.27. The predicted molar refractivity (Wildman–Crippen MR) is 70.9 cm³/mol. The van der Waals surface area contributed by atoms with E-state index in [-0.39, 0.29) is 0 Å². The zero-order valence-corrected chi connectivity index (χ0v) is 10.6. The topological polar surface area (TPSA) is 29.3 Å². The molecule has 0 radical (unpaired) electrons. The molecule has 2 heteroatoms. The largest absolute Gasteiger partial charge is 0.326 e. The number of likely N-dealkylation sites (tertiary alicyclic amines) is 1. The van der Waals surface area contributed by atoms with Crippen LogP contribution in [-0.4, -0.2) is 23.5 Å². The van der Waals surface area contributed by atoms with Gasteiger partial charge < -0.3 is 5.73 Å². The van der Waals surface area contributed by atoms with E-state index >= 15 is 0 Å². The summed E-state index contributed by atoms with van der Waals surface area (Å²) in [6, 6.07) is 10.7. The molecule has 0 amide bonds. The molecule has 1 aromatic rings. The molecule has 1 saturated carbocycles. The number of hydrogen-bond donors (Lipinski definition) is 1. The summed E-state index contributed by atoms with van der Waals surface area (Å²) in [6.07, 6.45) is 5.01. The van der Waals surface area contributed by atoms with Crippen LogP contribution in [0.3, 0.4) is 0 Å². The van der Waals surface area contributed by atoms with Gasteiger partial charge in [0.15, 0.2) is 0 Å². The zero-order valence-electron chi connectivity index (χ0n) is 10.6. The summed E-state index contributed by atoms with van der Waals surface area (Å²) < 4.78 is 0. The van der Waals surface area contributed by atoms with Crippen molar-refractivity contribution in [2.24, 2.45) is 5.73 Å². The van der Waals surface area contributed by atoms with Crippen molar-refractivity contribution in [1.82, 2.24) is 4.90 Å². The summed E-state index contributed by atoms with van der Waals surface area (Å²) >= 11 is 0. The van der Waals surface area contributed by atoms with Crippen molar-refractivity contribution in [1.29, 1.82) is 0 Å². The van der Waals surface area contributed by atoms with Gasteiger partial charge in [0.05, 0.1) is 6.04 Å². The predicted octanol–water partition coefficient (Wildman–Crippen LogP) is 2.49.